The predicted octanol–water partition coefficient (Wildman–Crippen LogP) is 4.49. The van der Waals surface area contributed by atoms with Gasteiger partial charge in [0.15, 0.2) is 11.2 Å². The second kappa shape index (κ2) is 6.07. The van der Waals surface area contributed by atoms with E-state index in [0.717, 1.165) is 5.56 Å². The Bertz CT molecular complexity index is 1290. The lowest BCUT2D eigenvalue weighted by Gasteiger charge is -2.22. The van der Waals surface area contributed by atoms with Gasteiger partial charge in [-0.25, -0.2) is 0 Å². The minimum absolute atomic E-state index is 0.0179. The van der Waals surface area contributed by atoms with E-state index in [9.17, 15) is 9.59 Å². The van der Waals surface area contributed by atoms with Gasteiger partial charge >= 0.3 is 0 Å². The zero-order chi connectivity index (χ0) is 19.4. The highest BCUT2D eigenvalue weighted by Crippen LogP contribution is 2.41. The molecule has 0 unspecified atom stereocenters. The van der Waals surface area contributed by atoms with Crippen LogP contribution in [0.3, 0.4) is 0 Å². The van der Waals surface area contributed by atoms with Gasteiger partial charge in [-0.3, -0.25) is 14.5 Å². The summed E-state index contributed by atoms with van der Waals surface area (Å²) in [5, 5.41) is 4.96. The van der Waals surface area contributed by atoms with Gasteiger partial charge in [0.1, 0.15) is 11.3 Å². The van der Waals surface area contributed by atoms with Crippen molar-refractivity contribution in [3.05, 3.63) is 92.5 Å². The molecule has 0 aliphatic carbocycles. The molecule has 28 heavy (non-hydrogen) atoms. The summed E-state index contributed by atoms with van der Waals surface area (Å²) in [5.41, 5.74) is 1.13. The first-order valence-electron chi connectivity index (χ1n) is 8.62. The number of carbonyl (C=O) groups excluding carboxylic acids is 1. The Kier molecular flexibility index (Phi) is 3.64. The van der Waals surface area contributed by atoms with Gasteiger partial charge in [0.25, 0.3) is 5.91 Å². The number of rotatable bonds is 2. The molecule has 0 saturated heterocycles. The van der Waals surface area contributed by atoms with Crippen molar-refractivity contribution < 1.29 is 13.7 Å². The summed E-state index contributed by atoms with van der Waals surface area (Å²) in [6.45, 7) is 1.74. The topological polar surface area (TPSA) is 76.6 Å². The van der Waals surface area contributed by atoms with Crippen molar-refractivity contribution in [3.63, 3.8) is 0 Å². The number of anilines is 1. The lowest BCUT2D eigenvalue weighted by molar-refractivity contribution is 0.0969. The molecule has 7 heteroatoms. The first-order valence-corrected chi connectivity index (χ1v) is 9.00. The van der Waals surface area contributed by atoms with E-state index >= 15 is 0 Å². The molecule has 0 saturated carbocycles. The van der Waals surface area contributed by atoms with Crippen molar-refractivity contribution >= 4 is 34.3 Å². The number of para-hydroxylation sites is 1. The van der Waals surface area contributed by atoms with Gasteiger partial charge in [0.05, 0.1) is 17.0 Å². The molecule has 1 aliphatic heterocycles. The van der Waals surface area contributed by atoms with Crippen molar-refractivity contribution in [3.8, 4) is 0 Å². The Hall–Kier alpha value is -3.38. The fourth-order valence-corrected chi connectivity index (χ4v) is 3.71. The zero-order valence-electron chi connectivity index (χ0n) is 14.7. The van der Waals surface area contributed by atoms with Crippen LogP contribution in [0, 0.1) is 6.92 Å². The van der Waals surface area contributed by atoms with Crippen LogP contribution in [0.1, 0.15) is 33.5 Å². The monoisotopic (exact) mass is 392 g/mol. The summed E-state index contributed by atoms with van der Waals surface area (Å²) in [6, 6.07) is 14.8. The van der Waals surface area contributed by atoms with E-state index < -0.39 is 11.9 Å². The molecule has 0 radical (unpaired) electrons. The molecule has 138 valence electrons. The Labute approximate surface area is 163 Å². The van der Waals surface area contributed by atoms with Crippen molar-refractivity contribution in [2.75, 3.05) is 4.90 Å². The molecular weight excluding hydrogens is 380 g/mol. The number of amides is 1. The quantitative estimate of drug-likeness (QED) is 0.502. The number of aromatic nitrogens is 1. The van der Waals surface area contributed by atoms with Crippen LogP contribution in [-0.4, -0.2) is 11.1 Å². The summed E-state index contributed by atoms with van der Waals surface area (Å²) >= 11 is 6.03. The molecule has 2 aromatic heterocycles. The molecule has 1 atom stereocenters. The van der Waals surface area contributed by atoms with Crippen molar-refractivity contribution in [2.24, 2.45) is 0 Å². The van der Waals surface area contributed by atoms with E-state index in [0.29, 0.717) is 27.6 Å². The number of benzene rings is 2. The maximum atomic E-state index is 13.3. The third kappa shape index (κ3) is 2.38. The van der Waals surface area contributed by atoms with Crippen LogP contribution < -0.4 is 10.3 Å². The maximum absolute atomic E-state index is 13.3. The summed E-state index contributed by atoms with van der Waals surface area (Å²) < 4.78 is 11.0. The number of hydrogen-bond donors (Lipinski definition) is 0. The Morgan fingerprint density at radius 1 is 1.07 bits per heavy atom. The average molecular weight is 393 g/mol. The first-order chi connectivity index (χ1) is 13.5. The third-order valence-corrected chi connectivity index (χ3v) is 5.08. The summed E-state index contributed by atoms with van der Waals surface area (Å²) in [7, 11) is 0. The Morgan fingerprint density at radius 2 is 1.82 bits per heavy atom. The molecule has 0 fully saturated rings. The van der Waals surface area contributed by atoms with Crippen molar-refractivity contribution in [1.82, 2.24) is 5.16 Å². The number of aryl methyl sites for hydroxylation is 1. The lowest BCUT2D eigenvalue weighted by Crippen LogP contribution is -2.29. The van der Waals surface area contributed by atoms with Crippen molar-refractivity contribution in [2.45, 2.75) is 13.0 Å². The van der Waals surface area contributed by atoms with Crippen LogP contribution in [-0.2, 0) is 0 Å². The van der Waals surface area contributed by atoms with Gasteiger partial charge in [0.2, 0.25) is 5.76 Å². The van der Waals surface area contributed by atoms with Crippen LogP contribution in [0.5, 0.6) is 0 Å². The summed E-state index contributed by atoms with van der Waals surface area (Å²) in [4.78, 5) is 28.0. The molecule has 2 aromatic carbocycles. The summed E-state index contributed by atoms with van der Waals surface area (Å²) in [6.07, 6.45) is 0. The van der Waals surface area contributed by atoms with E-state index in [1.54, 1.807) is 61.5 Å². The highest BCUT2D eigenvalue weighted by Gasteiger charge is 2.44. The average Bonchev–Trinajstić information content (AvgIpc) is 3.24. The number of halogens is 1. The standard InChI is InChI=1S/C21H13ClN2O4/c1-11-10-16(23-28-11)24-18(12-6-8-13(22)9-7-12)17-19(25)14-4-2-3-5-15(14)27-20(17)21(24)26/h2-10,18H,1H3/t18-/m0/s1. The van der Waals surface area contributed by atoms with Crippen LogP contribution >= 0.6 is 11.6 Å². The molecule has 1 aliphatic rings. The van der Waals surface area contributed by atoms with E-state index in [1.807, 2.05) is 0 Å². The molecule has 0 bridgehead atoms. The molecule has 0 N–H and O–H groups in total. The highest BCUT2D eigenvalue weighted by atomic mass is 35.5. The number of hydrogen-bond acceptors (Lipinski definition) is 5. The second-order valence-electron chi connectivity index (χ2n) is 6.60. The maximum Gasteiger partial charge on any atom is 0.296 e. The van der Waals surface area contributed by atoms with Crippen LogP contribution in [0.25, 0.3) is 11.0 Å². The molecule has 5 rings (SSSR count). The van der Waals surface area contributed by atoms with E-state index in [-0.39, 0.29) is 16.8 Å². The van der Waals surface area contributed by atoms with Crippen LogP contribution in [0.2, 0.25) is 5.02 Å². The van der Waals surface area contributed by atoms with Gasteiger partial charge in [0, 0.05) is 11.1 Å². The van der Waals surface area contributed by atoms with E-state index in [4.69, 9.17) is 20.5 Å². The predicted molar refractivity (Wildman–Crippen MR) is 104 cm³/mol. The number of nitrogens with zero attached hydrogens (tertiary/aromatic N) is 2. The molecule has 1 amide bonds. The Morgan fingerprint density at radius 3 is 2.54 bits per heavy atom. The number of carbonyl (C=O) groups is 1. The smallest absolute Gasteiger partial charge is 0.296 e. The van der Waals surface area contributed by atoms with Gasteiger partial charge in [-0.1, -0.05) is 41.0 Å². The first kappa shape index (κ1) is 16.8. The molecular formula is C21H13ClN2O4. The van der Waals surface area contributed by atoms with Crippen LogP contribution in [0.15, 0.2) is 68.3 Å². The van der Waals surface area contributed by atoms with Crippen molar-refractivity contribution in [1.29, 1.82) is 0 Å². The molecule has 6 nitrogen and oxygen atoms in total. The van der Waals surface area contributed by atoms with Crippen LogP contribution in [0.4, 0.5) is 5.82 Å². The number of fused-ring (bicyclic) bond motifs is 2. The van der Waals surface area contributed by atoms with E-state index in [1.165, 1.54) is 4.90 Å². The third-order valence-electron chi connectivity index (χ3n) is 4.83. The largest absolute Gasteiger partial charge is 0.450 e. The normalized spacial score (nSPS) is 16.0. The highest BCUT2D eigenvalue weighted by molar-refractivity contribution is 6.30. The van der Waals surface area contributed by atoms with Gasteiger partial charge < -0.3 is 8.94 Å². The Balaban J connectivity index is 1.82. The minimum atomic E-state index is -0.690. The second-order valence-corrected chi connectivity index (χ2v) is 7.03. The van der Waals surface area contributed by atoms with Gasteiger partial charge in [-0.15, -0.1) is 0 Å². The van der Waals surface area contributed by atoms with E-state index in [2.05, 4.69) is 5.16 Å². The molecule has 0 spiro atoms. The zero-order valence-corrected chi connectivity index (χ0v) is 15.4. The molecule has 4 aromatic rings. The molecule has 3 heterocycles. The fourth-order valence-electron chi connectivity index (χ4n) is 3.58. The lowest BCUT2D eigenvalue weighted by atomic mass is 9.98. The minimum Gasteiger partial charge on any atom is -0.450 e. The van der Waals surface area contributed by atoms with Gasteiger partial charge in [-0.2, -0.15) is 0 Å². The summed E-state index contributed by atoms with van der Waals surface area (Å²) in [5.74, 6) is 0.450. The van der Waals surface area contributed by atoms with Gasteiger partial charge in [-0.05, 0) is 36.8 Å². The fraction of sp³-hybridized carbons (Fsp3) is 0.0952. The SMILES string of the molecule is Cc1cc(N2C(=O)c3oc4ccccc4c(=O)c3[C@@H]2c2ccc(Cl)cc2)no1.